The molecule has 3 rings (SSSR count). The van der Waals surface area contributed by atoms with Gasteiger partial charge in [-0.2, -0.15) is 0 Å². The molecule has 5 nitrogen and oxygen atoms in total. The van der Waals surface area contributed by atoms with E-state index in [4.69, 9.17) is 4.74 Å². The van der Waals surface area contributed by atoms with Crippen LogP contribution in [0.1, 0.15) is 17.5 Å². The molecule has 1 saturated heterocycles. The van der Waals surface area contributed by atoms with Gasteiger partial charge >= 0.3 is 0 Å². The Kier molecular flexibility index (Phi) is 5.21. The van der Waals surface area contributed by atoms with Gasteiger partial charge < -0.3 is 15.0 Å². The Labute approximate surface area is 151 Å². The topological polar surface area (TPSA) is 58.6 Å². The highest BCUT2D eigenvalue weighted by Crippen LogP contribution is 2.27. The summed E-state index contributed by atoms with van der Waals surface area (Å²) in [7, 11) is 1.57. The summed E-state index contributed by atoms with van der Waals surface area (Å²) in [6.45, 7) is 2.55. The first-order valence-electron chi connectivity index (χ1n) is 8.48. The van der Waals surface area contributed by atoms with Gasteiger partial charge in [-0.05, 0) is 54.4 Å². The van der Waals surface area contributed by atoms with Crippen LogP contribution in [-0.2, 0) is 16.2 Å². The highest BCUT2D eigenvalue weighted by Gasteiger charge is 2.34. The van der Waals surface area contributed by atoms with Crippen molar-refractivity contribution in [2.45, 2.75) is 20.0 Å². The largest absolute Gasteiger partial charge is 0.489 e. The lowest BCUT2D eigenvalue weighted by Crippen LogP contribution is -2.30. The maximum Gasteiger partial charge on any atom is 0.227 e. The molecule has 136 valence electrons. The lowest BCUT2D eigenvalue weighted by atomic mass is 10.1. The van der Waals surface area contributed by atoms with Crippen molar-refractivity contribution in [1.82, 2.24) is 5.32 Å². The number of halogens is 1. The molecule has 2 amide bonds. The molecular formula is C20H21FN2O3. The normalized spacial score (nSPS) is 16.7. The van der Waals surface area contributed by atoms with Crippen LogP contribution in [0.5, 0.6) is 5.75 Å². The highest BCUT2D eigenvalue weighted by molar-refractivity contribution is 6.00. The third-order valence-corrected chi connectivity index (χ3v) is 4.60. The zero-order chi connectivity index (χ0) is 18.7. The molecule has 1 heterocycles. The van der Waals surface area contributed by atoms with E-state index in [1.807, 2.05) is 6.92 Å². The third-order valence-electron chi connectivity index (χ3n) is 4.60. The molecule has 0 bridgehead atoms. The molecule has 6 heteroatoms. The van der Waals surface area contributed by atoms with Crippen molar-refractivity contribution in [3.63, 3.8) is 0 Å². The van der Waals surface area contributed by atoms with Gasteiger partial charge in [0.1, 0.15) is 18.2 Å². The summed E-state index contributed by atoms with van der Waals surface area (Å²) in [6, 6.07) is 11.7. The summed E-state index contributed by atoms with van der Waals surface area (Å²) in [6.07, 6.45) is 0.219. The first-order valence-corrected chi connectivity index (χ1v) is 8.48. The van der Waals surface area contributed by atoms with Gasteiger partial charge in [-0.1, -0.05) is 6.07 Å². The molecule has 0 radical (unpaired) electrons. The first kappa shape index (κ1) is 17.9. The Hall–Kier alpha value is -2.89. The van der Waals surface area contributed by atoms with Gasteiger partial charge in [0, 0.05) is 25.7 Å². The molecule has 0 aromatic heterocycles. The maximum atomic E-state index is 13.3. The van der Waals surface area contributed by atoms with Gasteiger partial charge in [-0.25, -0.2) is 4.39 Å². The molecule has 0 saturated carbocycles. The lowest BCUT2D eigenvalue weighted by Gasteiger charge is -2.17. The van der Waals surface area contributed by atoms with Gasteiger partial charge in [0.25, 0.3) is 0 Å². The molecule has 26 heavy (non-hydrogen) atoms. The number of amides is 2. The Morgan fingerprint density at radius 3 is 2.69 bits per heavy atom. The number of nitrogens with zero attached hydrogens (tertiary/aromatic N) is 1. The van der Waals surface area contributed by atoms with Crippen molar-refractivity contribution in [2.75, 3.05) is 18.5 Å². The van der Waals surface area contributed by atoms with E-state index < -0.39 is 0 Å². The molecule has 0 spiro atoms. The van der Waals surface area contributed by atoms with Crippen LogP contribution in [0.25, 0.3) is 0 Å². The predicted molar refractivity (Wildman–Crippen MR) is 96.4 cm³/mol. The van der Waals surface area contributed by atoms with E-state index in [1.165, 1.54) is 12.1 Å². The molecule has 1 unspecified atom stereocenters. The Balaban J connectivity index is 1.64. The molecule has 0 aliphatic carbocycles. The van der Waals surface area contributed by atoms with Crippen LogP contribution in [-0.4, -0.2) is 25.4 Å². The number of carbonyl (C=O) groups is 2. The van der Waals surface area contributed by atoms with Crippen LogP contribution in [0.2, 0.25) is 0 Å². The quantitative estimate of drug-likeness (QED) is 0.896. The standard InChI is InChI=1S/C20H21FN2O3/c1-13-3-4-16(21)9-15(13)12-26-18-7-5-17(6-8-18)23-11-14(10-19(23)24)20(25)22-2/h3-9,14H,10-12H2,1-2H3,(H,22,25). The second-order valence-electron chi connectivity index (χ2n) is 6.37. The molecular weight excluding hydrogens is 335 g/mol. The Morgan fingerprint density at radius 2 is 2.00 bits per heavy atom. The molecule has 1 atom stereocenters. The van der Waals surface area contributed by atoms with Crippen molar-refractivity contribution >= 4 is 17.5 Å². The van der Waals surface area contributed by atoms with Crippen molar-refractivity contribution in [3.05, 3.63) is 59.4 Å². The molecule has 1 aliphatic rings. The summed E-state index contributed by atoms with van der Waals surface area (Å²) in [5.74, 6) is -0.164. The Morgan fingerprint density at radius 1 is 1.27 bits per heavy atom. The van der Waals surface area contributed by atoms with Gasteiger partial charge in [-0.3, -0.25) is 9.59 Å². The van der Waals surface area contributed by atoms with Gasteiger partial charge in [-0.15, -0.1) is 0 Å². The minimum atomic E-state index is -0.320. The number of rotatable bonds is 5. The summed E-state index contributed by atoms with van der Waals surface area (Å²) in [5.41, 5.74) is 2.49. The van der Waals surface area contributed by atoms with Crippen LogP contribution in [0.3, 0.4) is 0 Å². The van der Waals surface area contributed by atoms with E-state index in [2.05, 4.69) is 5.32 Å². The average Bonchev–Trinajstić information content (AvgIpc) is 3.04. The molecule has 2 aromatic rings. The summed E-state index contributed by atoms with van der Waals surface area (Å²) < 4.78 is 19.0. The monoisotopic (exact) mass is 356 g/mol. The smallest absolute Gasteiger partial charge is 0.227 e. The van der Waals surface area contributed by atoms with E-state index >= 15 is 0 Å². The number of ether oxygens (including phenoxy) is 1. The number of hydrogen-bond acceptors (Lipinski definition) is 3. The van der Waals surface area contributed by atoms with Crippen molar-refractivity contribution in [3.8, 4) is 5.75 Å². The maximum absolute atomic E-state index is 13.3. The fourth-order valence-corrected chi connectivity index (χ4v) is 3.02. The number of anilines is 1. The van der Waals surface area contributed by atoms with Crippen molar-refractivity contribution in [1.29, 1.82) is 0 Å². The first-order chi connectivity index (χ1) is 12.5. The number of nitrogens with one attached hydrogen (secondary N) is 1. The minimum Gasteiger partial charge on any atom is -0.489 e. The summed E-state index contributed by atoms with van der Waals surface area (Å²) in [5, 5.41) is 2.58. The molecule has 1 N–H and O–H groups in total. The van der Waals surface area contributed by atoms with Crippen molar-refractivity contribution in [2.24, 2.45) is 5.92 Å². The molecule has 2 aromatic carbocycles. The number of aryl methyl sites for hydroxylation is 1. The summed E-state index contributed by atoms with van der Waals surface area (Å²) >= 11 is 0. The third kappa shape index (κ3) is 3.85. The van der Waals surface area contributed by atoms with Gasteiger partial charge in [0.2, 0.25) is 11.8 Å². The van der Waals surface area contributed by atoms with E-state index in [9.17, 15) is 14.0 Å². The zero-order valence-corrected chi connectivity index (χ0v) is 14.8. The summed E-state index contributed by atoms with van der Waals surface area (Å²) in [4.78, 5) is 25.5. The van der Waals surface area contributed by atoms with Crippen LogP contribution < -0.4 is 15.0 Å². The van der Waals surface area contributed by atoms with E-state index in [0.29, 0.717) is 12.3 Å². The van der Waals surface area contributed by atoms with Crippen LogP contribution in [0, 0.1) is 18.7 Å². The van der Waals surface area contributed by atoms with Crippen LogP contribution >= 0.6 is 0 Å². The van der Waals surface area contributed by atoms with Gasteiger partial charge in [0.15, 0.2) is 0 Å². The number of hydrogen-bond donors (Lipinski definition) is 1. The molecule has 1 aliphatic heterocycles. The lowest BCUT2D eigenvalue weighted by molar-refractivity contribution is -0.125. The average molecular weight is 356 g/mol. The van der Waals surface area contributed by atoms with E-state index in [0.717, 1.165) is 16.8 Å². The number of benzene rings is 2. The second-order valence-corrected chi connectivity index (χ2v) is 6.37. The molecule has 1 fully saturated rings. The van der Waals surface area contributed by atoms with Crippen molar-refractivity contribution < 1.29 is 18.7 Å². The number of carbonyl (C=O) groups excluding carboxylic acids is 2. The SMILES string of the molecule is CNC(=O)C1CC(=O)N(c2ccc(OCc3cc(F)ccc3C)cc2)C1. The van der Waals surface area contributed by atoms with Gasteiger partial charge in [0.05, 0.1) is 5.92 Å². The van der Waals surface area contributed by atoms with E-state index in [1.54, 1.807) is 42.3 Å². The zero-order valence-electron chi connectivity index (χ0n) is 14.8. The second kappa shape index (κ2) is 7.56. The predicted octanol–water partition coefficient (Wildman–Crippen LogP) is 2.81. The Bertz CT molecular complexity index is 820. The fourth-order valence-electron chi connectivity index (χ4n) is 3.02. The minimum absolute atomic E-state index is 0.0670. The van der Waals surface area contributed by atoms with Crippen LogP contribution in [0.4, 0.5) is 10.1 Å². The van der Waals surface area contributed by atoms with Crippen LogP contribution in [0.15, 0.2) is 42.5 Å². The fraction of sp³-hybridized carbons (Fsp3) is 0.300. The van der Waals surface area contributed by atoms with E-state index in [-0.39, 0.29) is 36.6 Å². The highest BCUT2D eigenvalue weighted by atomic mass is 19.1.